The van der Waals surface area contributed by atoms with Crippen molar-refractivity contribution < 1.29 is 26.3 Å². The Bertz CT molecular complexity index is 712. The van der Waals surface area contributed by atoms with E-state index in [1.165, 1.54) is 26.4 Å². The van der Waals surface area contributed by atoms with Crippen LogP contribution in [0.1, 0.15) is 0 Å². The molecule has 1 saturated heterocycles. The van der Waals surface area contributed by atoms with Crippen LogP contribution in [-0.4, -0.2) is 60.0 Å². The summed E-state index contributed by atoms with van der Waals surface area (Å²) in [5.41, 5.74) is 0. The molecule has 0 spiro atoms. The van der Waals surface area contributed by atoms with Gasteiger partial charge in [0.15, 0.2) is 9.84 Å². The first kappa shape index (κ1) is 16.1. The predicted molar refractivity (Wildman–Crippen MR) is 77.0 cm³/mol. The molecule has 9 heteroatoms. The van der Waals surface area contributed by atoms with Crippen LogP contribution in [0.3, 0.4) is 0 Å². The molecule has 1 aliphatic rings. The smallest absolute Gasteiger partial charge is 0.246 e. The number of rotatable bonds is 4. The lowest BCUT2D eigenvalue weighted by atomic mass is 10.3. The molecule has 21 heavy (non-hydrogen) atoms. The van der Waals surface area contributed by atoms with Gasteiger partial charge >= 0.3 is 0 Å². The van der Waals surface area contributed by atoms with Crippen molar-refractivity contribution >= 4 is 19.9 Å². The van der Waals surface area contributed by atoms with E-state index in [0.29, 0.717) is 5.75 Å². The lowest BCUT2D eigenvalue weighted by Crippen LogP contribution is -2.43. The van der Waals surface area contributed by atoms with Crippen LogP contribution in [0.4, 0.5) is 0 Å². The summed E-state index contributed by atoms with van der Waals surface area (Å²) in [4.78, 5) is -0.0244. The molecule has 0 amide bonds. The van der Waals surface area contributed by atoms with Crippen LogP contribution in [0.25, 0.3) is 0 Å². The summed E-state index contributed by atoms with van der Waals surface area (Å²) in [5, 5.41) is 0. The van der Waals surface area contributed by atoms with Gasteiger partial charge in [-0.2, -0.15) is 4.31 Å². The van der Waals surface area contributed by atoms with Crippen LogP contribution in [0.5, 0.6) is 11.5 Å². The van der Waals surface area contributed by atoms with Crippen molar-refractivity contribution in [2.75, 3.05) is 38.8 Å². The maximum atomic E-state index is 12.6. The van der Waals surface area contributed by atoms with E-state index in [2.05, 4.69) is 0 Å². The summed E-state index contributed by atoms with van der Waals surface area (Å²) < 4.78 is 59.4. The molecule has 118 valence electrons. The Hall–Kier alpha value is -1.32. The number of hydrogen-bond acceptors (Lipinski definition) is 6. The van der Waals surface area contributed by atoms with Gasteiger partial charge in [0.25, 0.3) is 0 Å². The van der Waals surface area contributed by atoms with Crippen molar-refractivity contribution in [3.63, 3.8) is 0 Å². The lowest BCUT2D eigenvalue weighted by molar-refractivity contribution is 0.385. The fourth-order valence-corrected chi connectivity index (χ4v) is 5.11. The van der Waals surface area contributed by atoms with E-state index >= 15 is 0 Å². The van der Waals surface area contributed by atoms with Gasteiger partial charge < -0.3 is 9.47 Å². The van der Waals surface area contributed by atoms with Crippen molar-refractivity contribution in [3.05, 3.63) is 18.2 Å². The van der Waals surface area contributed by atoms with Crippen molar-refractivity contribution in [1.82, 2.24) is 4.31 Å². The van der Waals surface area contributed by atoms with Gasteiger partial charge in [-0.05, 0) is 12.1 Å². The third kappa shape index (κ3) is 3.30. The fourth-order valence-electron chi connectivity index (χ4n) is 2.06. The molecular weight excluding hydrogens is 318 g/mol. The van der Waals surface area contributed by atoms with Crippen LogP contribution >= 0.6 is 0 Å². The van der Waals surface area contributed by atoms with E-state index < -0.39 is 19.9 Å². The number of benzene rings is 1. The van der Waals surface area contributed by atoms with Crippen molar-refractivity contribution in [2.45, 2.75) is 4.90 Å². The second-order valence-corrected chi connectivity index (χ2v) is 8.78. The minimum Gasteiger partial charge on any atom is -0.497 e. The SMILES string of the molecule is COc1ccc(OC)c(S(=O)(=O)N2CCS(=O)(=O)CC2)c1. The van der Waals surface area contributed by atoms with Crippen LogP contribution in [0, 0.1) is 0 Å². The standard InChI is InChI=1S/C12H17NO6S2/c1-18-10-3-4-11(19-2)12(9-10)21(16,17)13-5-7-20(14,15)8-6-13/h3-4,9H,5-8H2,1-2H3. The maximum absolute atomic E-state index is 12.6. The predicted octanol–water partition coefficient (Wildman–Crippen LogP) is 0.123. The monoisotopic (exact) mass is 335 g/mol. The Balaban J connectivity index is 2.40. The molecule has 1 aromatic rings. The molecule has 0 aromatic heterocycles. The number of ether oxygens (including phenoxy) is 2. The molecule has 2 rings (SSSR count). The Morgan fingerprint density at radius 1 is 1.10 bits per heavy atom. The average Bonchev–Trinajstić information content (AvgIpc) is 2.46. The number of nitrogens with zero attached hydrogens (tertiary/aromatic N) is 1. The summed E-state index contributed by atoms with van der Waals surface area (Å²) in [6, 6.07) is 4.47. The number of methoxy groups -OCH3 is 2. The molecule has 7 nitrogen and oxygen atoms in total. The highest BCUT2D eigenvalue weighted by Crippen LogP contribution is 2.31. The summed E-state index contributed by atoms with van der Waals surface area (Å²) in [5.74, 6) is 0.250. The average molecular weight is 335 g/mol. The summed E-state index contributed by atoms with van der Waals surface area (Å²) >= 11 is 0. The van der Waals surface area contributed by atoms with Crippen LogP contribution in [0.15, 0.2) is 23.1 Å². The number of hydrogen-bond donors (Lipinski definition) is 0. The minimum absolute atomic E-state index is 0.0244. The largest absolute Gasteiger partial charge is 0.497 e. The maximum Gasteiger partial charge on any atom is 0.246 e. The minimum atomic E-state index is -3.82. The molecule has 0 atom stereocenters. The molecular formula is C12H17NO6S2. The zero-order valence-electron chi connectivity index (χ0n) is 11.8. The molecule has 0 saturated carbocycles. The van der Waals surface area contributed by atoms with Gasteiger partial charge in [-0.3, -0.25) is 0 Å². The summed E-state index contributed by atoms with van der Waals surface area (Å²) in [6.45, 7) is -0.101. The quantitative estimate of drug-likeness (QED) is 0.776. The van der Waals surface area contributed by atoms with Gasteiger partial charge in [0.1, 0.15) is 16.4 Å². The van der Waals surface area contributed by atoms with Gasteiger partial charge in [0, 0.05) is 19.2 Å². The van der Waals surface area contributed by atoms with Crippen LogP contribution in [-0.2, 0) is 19.9 Å². The zero-order chi connectivity index (χ0) is 15.7. The summed E-state index contributed by atoms with van der Waals surface area (Å²) in [7, 11) is -4.16. The highest BCUT2D eigenvalue weighted by atomic mass is 32.2. The Kier molecular flexibility index (Phi) is 4.45. The van der Waals surface area contributed by atoms with Gasteiger partial charge in [0.05, 0.1) is 25.7 Å². The molecule has 1 heterocycles. The molecule has 0 aliphatic carbocycles. The molecule has 0 bridgehead atoms. The van der Waals surface area contributed by atoms with E-state index in [-0.39, 0.29) is 35.2 Å². The Labute approximate surface area is 124 Å². The molecule has 1 aliphatic heterocycles. The van der Waals surface area contributed by atoms with Crippen LogP contribution in [0.2, 0.25) is 0 Å². The topological polar surface area (TPSA) is 90.0 Å². The van der Waals surface area contributed by atoms with E-state index in [9.17, 15) is 16.8 Å². The third-order valence-electron chi connectivity index (χ3n) is 3.29. The molecule has 0 N–H and O–H groups in total. The summed E-state index contributed by atoms with van der Waals surface area (Å²) in [6.07, 6.45) is 0. The van der Waals surface area contributed by atoms with Gasteiger partial charge in [0.2, 0.25) is 10.0 Å². The Morgan fingerprint density at radius 2 is 1.71 bits per heavy atom. The van der Waals surface area contributed by atoms with E-state index in [1.807, 2.05) is 0 Å². The van der Waals surface area contributed by atoms with Crippen molar-refractivity contribution in [1.29, 1.82) is 0 Å². The number of sulfonamides is 1. The molecule has 0 radical (unpaired) electrons. The molecule has 1 aromatic carbocycles. The highest BCUT2D eigenvalue weighted by Gasteiger charge is 2.33. The first-order chi connectivity index (χ1) is 9.80. The first-order valence-electron chi connectivity index (χ1n) is 6.23. The fraction of sp³-hybridized carbons (Fsp3) is 0.500. The van der Waals surface area contributed by atoms with Crippen molar-refractivity contribution in [2.24, 2.45) is 0 Å². The normalized spacial score (nSPS) is 19.1. The molecule has 0 unspecified atom stereocenters. The first-order valence-corrected chi connectivity index (χ1v) is 9.49. The molecule has 1 fully saturated rings. The van der Waals surface area contributed by atoms with Gasteiger partial charge in [-0.25, -0.2) is 16.8 Å². The van der Waals surface area contributed by atoms with E-state index in [0.717, 1.165) is 4.31 Å². The van der Waals surface area contributed by atoms with E-state index in [1.54, 1.807) is 6.07 Å². The number of sulfone groups is 1. The zero-order valence-corrected chi connectivity index (χ0v) is 13.4. The van der Waals surface area contributed by atoms with E-state index in [4.69, 9.17) is 9.47 Å². The second kappa shape index (κ2) is 5.82. The lowest BCUT2D eigenvalue weighted by Gasteiger charge is -2.26. The van der Waals surface area contributed by atoms with Gasteiger partial charge in [-0.15, -0.1) is 0 Å². The third-order valence-corrected chi connectivity index (χ3v) is 6.82. The van der Waals surface area contributed by atoms with Crippen molar-refractivity contribution in [3.8, 4) is 11.5 Å². The van der Waals surface area contributed by atoms with Gasteiger partial charge in [-0.1, -0.05) is 0 Å². The second-order valence-electron chi connectivity index (χ2n) is 4.57. The highest BCUT2D eigenvalue weighted by molar-refractivity contribution is 7.92. The Morgan fingerprint density at radius 3 is 2.24 bits per heavy atom. The van der Waals surface area contributed by atoms with Crippen LogP contribution < -0.4 is 9.47 Å².